The zero-order valence-corrected chi connectivity index (χ0v) is 12.7. The zero-order chi connectivity index (χ0) is 13.9. The third-order valence-electron chi connectivity index (χ3n) is 4.75. The third-order valence-corrected chi connectivity index (χ3v) is 6.76. The van der Waals surface area contributed by atoms with Crippen LogP contribution in [0.3, 0.4) is 0 Å². The zero-order valence-electron chi connectivity index (χ0n) is 11.9. The van der Waals surface area contributed by atoms with Crippen LogP contribution in [-0.2, 0) is 10.0 Å². The molecule has 1 saturated carbocycles. The van der Waals surface area contributed by atoms with Gasteiger partial charge < -0.3 is 5.11 Å². The van der Waals surface area contributed by atoms with E-state index < -0.39 is 10.0 Å². The first kappa shape index (κ1) is 15.3. The Balaban J connectivity index is 1.95. The fraction of sp³-hybridized carbons (Fsp3) is 1.00. The lowest BCUT2D eigenvalue weighted by molar-refractivity contribution is 0.0519. The number of rotatable bonds is 4. The molecule has 2 aliphatic rings. The van der Waals surface area contributed by atoms with Gasteiger partial charge in [0.1, 0.15) is 0 Å². The summed E-state index contributed by atoms with van der Waals surface area (Å²) in [4.78, 5) is 0. The summed E-state index contributed by atoms with van der Waals surface area (Å²) in [5.41, 5.74) is 0. The SMILES string of the molecule is CCC1CN(S(=O)(=O)CC2CCCCC2)CCC1O. The van der Waals surface area contributed by atoms with E-state index in [-0.39, 0.29) is 12.0 Å². The van der Waals surface area contributed by atoms with E-state index in [1.54, 1.807) is 4.31 Å². The van der Waals surface area contributed by atoms with E-state index in [0.717, 1.165) is 19.3 Å². The van der Waals surface area contributed by atoms with E-state index in [9.17, 15) is 13.5 Å². The highest BCUT2D eigenvalue weighted by Crippen LogP contribution is 2.28. The highest BCUT2D eigenvalue weighted by Gasteiger charge is 2.34. The van der Waals surface area contributed by atoms with Crippen molar-refractivity contribution >= 4 is 10.0 Å². The van der Waals surface area contributed by atoms with Crippen LogP contribution in [0.4, 0.5) is 0 Å². The average molecular weight is 289 g/mol. The van der Waals surface area contributed by atoms with Crippen LogP contribution in [0.25, 0.3) is 0 Å². The molecule has 0 aromatic carbocycles. The van der Waals surface area contributed by atoms with Gasteiger partial charge in [-0.3, -0.25) is 0 Å². The predicted octanol–water partition coefficient (Wildman–Crippen LogP) is 1.99. The summed E-state index contributed by atoms with van der Waals surface area (Å²) in [6.45, 7) is 3.02. The van der Waals surface area contributed by atoms with Crippen LogP contribution in [0.2, 0.25) is 0 Å². The van der Waals surface area contributed by atoms with E-state index in [2.05, 4.69) is 0 Å². The molecule has 2 rings (SSSR count). The number of aliphatic hydroxyl groups is 1. The normalized spacial score (nSPS) is 31.5. The van der Waals surface area contributed by atoms with Crippen molar-refractivity contribution in [2.75, 3.05) is 18.8 Å². The minimum absolute atomic E-state index is 0.106. The molecule has 1 aliphatic heterocycles. The molecule has 0 spiro atoms. The Labute approximate surface area is 117 Å². The molecule has 2 fully saturated rings. The quantitative estimate of drug-likeness (QED) is 0.861. The first-order valence-corrected chi connectivity index (χ1v) is 9.29. The molecule has 2 atom stereocenters. The molecule has 0 aromatic heterocycles. The Morgan fingerprint density at radius 3 is 2.47 bits per heavy atom. The largest absolute Gasteiger partial charge is 0.393 e. The number of hydrogen-bond donors (Lipinski definition) is 1. The maximum atomic E-state index is 12.5. The van der Waals surface area contributed by atoms with Gasteiger partial charge in [0.25, 0.3) is 0 Å². The number of nitrogens with zero attached hydrogens (tertiary/aromatic N) is 1. The summed E-state index contributed by atoms with van der Waals surface area (Å²) in [6.07, 6.45) is 6.84. The molecule has 5 heteroatoms. The third kappa shape index (κ3) is 3.92. The second-order valence-electron chi connectivity index (χ2n) is 6.16. The van der Waals surface area contributed by atoms with Gasteiger partial charge in [-0.25, -0.2) is 12.7 Å². The Kier molecular flexibility index (Phi) is 5.26. The molecule has 2 unspecified atom stereocenters. The fourth-order valence-corrected chi connectivity index (χ4v) is 5.34. The van der Waals surface area contributed by atoms with Crippen molar-refractivity contribution < 1.29 is 13.5 Å². The van der Waals surface area contributed by atoms with Crippen LogP contribution in [-0.4, -0.2) is 42.8 Å². The lowest BCUT2D eigenvalue weighted by atomic mass is 9.91. The Morgan fingerprint density at radius 2 is 1.84 bits per heavy atom. The van der Waals surface area contributed by atoms with Crippen LogP contribution in [0.5, 0.6) is 0 Å². The molecule has 0 amide bonds. The van der Waals surface area contributed by atoms with Gasteiger partial charge in [-0.15, -0.1) is 0 Å². The van der Waals surface area contributed by atoms with Gasteiger partial charge in [0.2, 0.25) is 10.0 Å². The van der Waals surface area contributed by atoms with E-state index in [1.165, 1.54) is 19.3 Å². The molecule has 1 aliphatic carbocycles. The van der Waals surface area contributed by atoms with Gasteiger partial charge in [-0.2, -0.15) is 0 Å². The van der Waals surface area contributed by atoms with Crippen LogP contribution in [0, 0.1) is 11.8 Å². The summed E-state index contributed by atoms with van der Waals surface area (Å²) >= 11 is 0. The molecule has 112 valence electrons. The maximum Gasteiger partial charge on any atom is 0.214 e. The molecule has 1 heterocycles. The summed E-state index contributed by atoms with van der Waals surface area (Å²) in [5, 5.41) is 9.85. The lowest BCUT2D eigenvalue weighted by Gasteiger charge is -2.36. The van der Waals surface area contributed by atoms with Crippen LogP contribution >= 0.6 is 0 Å². The van der Waals surface area contributed by atoms with Gasteiger partial charge in [-0.05, 0) is 37.5 Å². The second kappa shape index (κ2) is 6.55. The highest BCUT2D eigenvalue weighted by molar-refractivity contribution is 7.89. The minimum atomic E-state index is -3.13. The van der Waals surface area contributed by atoms with E-state index >= 15 is 0 Å². The Hall–Kier alpha value is -0.130. The topological polar surface area (TPSA) is 57.6 Å². The van der Waals surface area contributed by atoms with Crippen LogP contribution in [0.15, 0.2) is 0 Å². The van der Waals surface area contributed by atoms with Gasteiger partial charge in [-0.1, -0.05) is 26.2 Å². The van der Waals surface area contributed by atoms with Crippen LogP contribution < -0.4 is 0 Å². The first-order valence-electron chi connectivity index (χ1n) is 7.69. The summed E-state index contributed by atoms with van der Waals surface area (Å²) in [6, 6.07) is 0. The van der Waals surface area contributed by atoms with Crippen LogP contribution in [0.1, 0.15) is 51.9 Å². The monoisotopic (exact) mass is 289 g/mol. The molecule has 1 saturated heterocycles. The molecule has 19 heavy (non-hydrogen) atoms. The van der Waals surface area contributed by atoms with E-state index in [4.69, 9.17) is 0 Å². The van der Waals surface area contributed by atoms with Gasteiger partial charge in [0, 0.05) is 13.1 Å². The second-order valence-corrected chi connectivity index (χ2v) is 8.18. The molecular weight excluding hydrogens is 262 g/mol. The summed E-state index contributed by atoms with van der Waals surface area (Å²) in [7, 11) is -3.13. The Bertz CT molecular complexity index is 376. The van der Waals surface area contributed by atoms with Gasteiger partial charge >= 0.3 is 0 Å². The maximum absolute atomic E-state index is 12.5. The summed E-state index contributed by atoms with van der Waals surface area (Å²) < 4.78 is 26.6. The number of aliphatic hydroxyl groups excluding tert-OH is 1. The minimum Gasteiger partial charge on any atom is -0.393 e. The van der Waals surface area contributed by atoms with Crippen molar-refractivity contribution in [1.82, 2.24) is 4.31 Å². The molecule has 4 nitrogen and oxygen atoms in total. The van der Waals surface area contributed by atoms with Crippen molar-refractivity contribution in [3.8, 4) is 0 Å². The Morgan fingerprint density at radius 1 is 1.16 bits per heavy atom. The molecule has 0 radical (unpaired) electrons. The van der Waals surface area contributed by atoms with E-state index in [0.29, 0.717) is 31.2 Å². The highest BCUT2D eigenvalue weighted by atomic mass is 32.2. The molecular formula is C14H27NO3S. The number of sulfonamides is 1. The molecule has 0 bridgehead atoms. The van der Waals surface area contributed by atoms with Crippen molar-refractivity contribution in [2.24, 2.45) is 11.8 Å². The van der Waals surface area contributed by atoms with Gasteiger partial charge in [0.15, 0.2) is 0 Å². The summed E-state index contributed by atoms with van der Waals surface area (Å²) in [5.74, 6) is 0.778. The van der Waals surface area contributed by atoms with Gasteiger partial charge in [0.05, 0.1) is 11.9 Å². The lowest BCUT2D eigenvalue weighted by Crippen LogP contribution is -2.47. The first-order chi connectivity index (χ1) is 9.03. The number of piperidine rings is 1. The van der Waals surface area contributed by atoms with Crippen molar-refractivity contribution in [3.63, 3.8) is 0 Å². The standard InChI is InChI=1S/C14H27NO3S/c1-2-13-10-15(9-8-14(13)16)19(17,18)11-12-6-4-3-5-7-12/h12-14,16H,2-11H2,1H3. The molecule has 0 aromatic rings. The van der Waals surface area contributed by atoms with Crippen molar-refractivity contribution in [2.45, 2.75) is 58.0 Å². The fourth-order valence-electron chi connectivity index (χ4n) is 3.40. The smallest absolute Gasteiger partial charge is 0.214 e. The average Bonchev–Trinajstić information content (AvgIpc) is 2.39. The van der Waals surface area contributed by atoms with Crippen molar-refractivity contribution in [1.29, 1.82) is 0 Å². The number of hydrogen-bond acceptors (Lipinski definition) is 3. The van der Waals surface area contributed by atoms with Crippen molar-refractivity contribution in [3.05, 3.63) is 0 Å². The molecule has 1 N–H and O–H groups in total. The van der Waals surface area contributed by atoms with E-state index in [1.807, 2.05) is 6.92 Å². The predicted molar refractivity (Wildman–Crippen MR) is 76.3 cm³/mol.